The van der Waals surface area contributed by atoms with E-state index in [1.54, 1.807) is 6.07 Å². The third kappa shape index (κ3) is 3.56. The number of para-hydroxylation sites is 1. The lowest BCUT2D eigenvalue weighted by Crippen LogP contribution is -2.24. The van der Waals surface area contributed by atoms with Gasteiger partial charge in [-0.25, -0.2) is 13.2 Å². The third-order valence-electron chi connectivity index (χ3n) is 4.33. The Hall–Kier alpha value is -3.34. The summed E-state index contributed by atoms with van der Waals surface area (Å²) in [6.07, 6.45) is 0. The summed E-state index contributed by atoms with van der Waals surface area (Å²) in [7, 11) is -4.24. The summed E-state index contributed by atoms with van der Waals surface area (Å²) >= 11 is 0. The lowest BCUT2D eigenvalue weighted by molar-refractivity contribution is -0.387. The van der Waals surface area contributed by atoms with E-state index in [2.05, 4.69) is 14.7 Å². The van der Waals surface area contributed by atoms with Gasteiger partial charge in [-0.15, -0.1) is 0 Å². The average Bonchev–Trinajstić information content (AvgIpc) is 3.01. The molecule has 0 saturated heterocycles. The van der Waals surface area contributed by atoms with Crippen LogP contribution in [0.15, 0.2) is 46.1 Å². The Kier molecular flexibility index (Phi) is 5.10. The van der Waals surface area contributed by atoms with Gasteiger partial charge in [0.1, 0.15) is 0 Å². The molecule has 0 unspecified atom stereocenters. The smallest absolute Gasteiger partial charge is 0.323 e. The number of imidazole rings is 1. The zero-order valence-corrected chi connectivity index (χ0v) is 16.0. The highest BCUT2D eigenvalue weighted by Crippen LogP contribution is 2.33. The maximum Gasteiger partial charge on any atom is 0.323 e. The first-order valence-corrected chi connectivity index (χ1v) is 10.0. The Morgan fingerprint density at radius 2 is 1.71 bits per heavy atom. The van der Waals surface area contributed by atoms with Gasteiger partial charge in [0.05, 0.1) is 27.3 Å². The molecule has 28 heavy (non-hydrogen) atoms. The molecule has 0 fully saturated rings. The normalized spacial score (nSPS) is 11.5. The molecule has 11 heteroatoms. The monoisotopic (exact) mass is 405 g/mol. The number of aromatic amines is 2. The van der Waals surface area contributed by atoms with Crippen LogP contribution in [-0.4, -0.2) is 36.4 Å². The number of H-pyrrole nitrogens is 2. The molecule has 3 aromatic rings. The van der Waals surface area contributed by atoms with E-state index >= 15 is 0 Å². The fourth-order valence-corrected chi connectivity index (χ4v) is 4.25. The standard InChI is InChI=1S/C17H19N5O5S/c1-3-21(4-2)15-10-12-11(18-17(23)19-12)9-13(15)20-28(26,27)16-8-6-5-7-14(16)22(24)25/h5-10,20H,3-4H2,1-2H3,(H2,18,19,23). The number of aromatic nitrogens is 2. The minimum absolute atomic E-state index is 0.213. The second kappa shape index (κ2) is 7.35. The van der Waals surface area contributed by atoms with Crippen molar-refractivity contribution in [2.45, 2.75) is 18.7 Å². The number of nitro groups is 1. The lowest BCUT2D eigenvalue weighted by Gasteiger charge is -2.24. The Bertz CT molecular complexity index is 1190. The van der Waals surface area contributed by atoms with Gasteiger partial charge in [-0.05, 0) is 32.0 Å². The second-order valence-electron chi connectivity index (χ2n) is 6.00. The lowest BCUT2D eigenvalue weighted by atomic mass is 10.2. The summed E-state index contributed by atoms with van der Waals surface area (Å²) in [4.78, 5) is 28.8. The topological polar surface area (TPSA) is 141 Å². The highest BCUT2D eigenvalue weighted by Gasteiger charge is 2.26. The number of sulfonamides is 1. The number of hydrogen-bond acceptors (Lipinski definition) is 6. The fourth-order valence-electron chi connectivity index (χ4n) is 3.01. The zero-order valence-electron chi connectivity index (χ0n) is 15.2. The van der Waals surface area contributed by atoms with Gasteiger partial charge in [-0.1, -0.05) is 12.1 Å². The molecule has 0 aliphatic carbocycles. The first kappa shape index (κ1) is 19.4. The number of nitrogens with one attached hydrogen (secondary N) is 3. The van der Waals surface area contributed by atoms with Crippen LogP contribution in [0.25, 0.3) is 11.0 Å². The maximum absolute atomic E-state index is 12.9. The van der Waals surface area contributed by atoms with Gasteiger partial charge in [0.2, 0.25) is 0 Å². The van der Waals surface area contributed by atoms with Crippen molar-refractivity contribution in [2.24, 2.45) is 0 Å². The molecule has 0 amide bonds. The van der Waals surface area contributed by atoms with Gasteiger partial charge in [0, 0.05) is 19.2 Å². The van der Waals surface area contributed by atoms with Gasteiger partial charge in [0.15, 0.2) is 4.90 Å². The van der Waals surface area contributed by atoms with Gasteiger partial charge >= 0.3 is 5.69 Å². The Morgan fingerprint density at radius 3 is 2.32 bits per heavy atom. The van der Waals surface area contributed by atoms with E-state index < -0.39 is 31.2 Å². The van der Waals surface area contributed by atoms with Gasteiger partial charge in [-0.2, -0.15) is 0 Å². The predicted octanol–water partition coefficient (Wildman–Crippen LogP) is 2.41. The highest BCUT2D eigenvalue weighted by atomic mass is 32.2. The molecule has 0 spiro atoms. The molecule has 0 aliphatic heterocycles. The molecule has 3 N–H and O–H groups in total. The number of hydrogen-bond donors (Lipinski definition) is 3. The molecule has 0 saturated carbocycles. The van der Waals surface area contributed by atoms with Crippen molar-refractivity contribution in [1.29, 1.82) is 0 Å². The molecule has 0 aliphatic rings. The molecule has 1 heterocycles. The molecule has 2 aromatic carbocycles. The number of nitrogens with zero attached hydrogens (tertiary/aromatic N) is 2. The molecule has 0 atom stereocenters. The molecule has 1 aromatic heterocycles. The summed E-state index contributed by atoms with van der Waals surface area (Å²) < 4.78 is 28.3. The highest BCUT2D eigenvalue weighted by molar-refractivity contribution is 7.92. The number of fused-ring (bicyclic) bond motifs is 1. The van der Waals surface area contributed by atoms with E-state index in [4.69, 9.17) is 0 Å². The van der Waals surface area contributed by atoms with Crippen LogP contribution in [0.2, 0.25) is 0 Å². The van der Waals surface area contributed by atoms with Crippen molar-refractivity contribution in [1.82, 2.24) is 9.97 Å². The SMILES string of the molecule is CCN(CC)c1cc2[nH]c(=O)[nH]c2cc1NS(=O)(=O)c1ccccc1[N+](=O)[O-]. The van der Waals surface area contributed by atoms with Crippen molar-refractivity contribution in [2.75, 3.05) is 22.7 Å². The Labute approximate surface area is 160 Å². The molecule has 0 bridgehead atoms. The van der Waals surface area contributed by atoms with E-state index in [1.165, 1.54) is 24.3 Å². The minimum atomic E-state index is -4.24. The van der Waals surface area contributed by atoms with Crippen LogP contribution >= 0.6 is 0 Å². The molecule has 3 rings (SSSR count). The molecule has 0 radical (unpaired) electrons. The van der Waals surface area contributed by atoms with Crippen LogP contribution in [0.5, 0.6) is 0 Å². The minimum Gasteiger partial charge on any atom is -0.370 e. The third-order valence-corrected chi connectivity index (χ3v) is 5.75. The van der Waals surface area contributed by atoms with E-state index in [9.17, 15) is 23.3 Å². The summed E-state index contributed by atoms with van der Waals surface area (Å²) in [5.74, 6) is 0. The summed E-state index contributed by atoms with van der Waals surface area (Å²) in [5.41, 5.74) is 0.774. The second-order valence-corrected chi connectivity index (χ2v) is 7.65. The van der Waals surface area contributed by atoms with Crippen LogP contribution in [0.3, 0.4) is 0 Å². The van der Waals surface area contributed by atoms with Crippen molar-refractivity contribution >= 4 is 38.1 Å². The van der Waals surface area contributed by atoms with Gasteiger partial charge < -0.3 is 14.9 Å². The maximum atomic E-state index is 12.9. The van der Waals surface area contributed by atoms with Gasteiger partial charge in [0.25, 0.3) is 15.7 Å². The zero-order chi connectivity index (χ0) is 20.5. The summed E-state index contributed by atoms with van der Waals surface area (Å²) in [5, 5.41) is 11.2. The quantitative estimate of drug-likeness (QED) is 0.407. The number of nitro benzene ring substituents is 1. The van der Waals surface area contributed by atoms with Crippen LogP contribution in [0.1, 0.15) is 13.8 Å². The summed E-state index contributed by atoms with van der Waals surface area (Å²) in [6, 6.07) is 8.28. The first-order chi connectivity index (χ1) is 13.3. The Balaban J connectivity index is 2.16. The van der Waals surface area contributed by atoms with E-state index in [0.29, 0.717) is 29.8 Å². The van der Waals surface area contributed by atoms with Crippen LogP contribution in [-0.2, 0) is 10.0 Å². The molecular formula is C17H19N5O5S. The molecular weight excluding hydrogens is 386 g/mol. The average molecular weight is 405 g/mol. The Morgan fingerprint density at radius 1 is 1.11 bits per heavy atom. The van der Waals surface area contributed by atoms with E-state index in [-0.39, 0.29) is 5.69 Å². The fraction of sp³-hybridized carbons (Fsp3) is 0.235. The molecule has 148 valence electrons. The predicted molar refractivity (Wildman–Crippen MR) is 106 cm³/mol. The summed E-state index contributed by atoms with van der Waals surface area (Å²) in [6.45, 7) is 5.01. The van der Waals surface area contributed by atoms with E-state index in [0.717, 1.165) is 6.07 Å². The number of anilines is 2. The van der Waals surface area contributed by atoms with Crippen molar-refractivity contribution in [3.8, 4) is 0 Å². The van der Waals surface area contributed by atoms with Crippen molar-refractivity contribution < 1.29 is 13.3 Å². The first-order valence-electron chi connectivity index (χ1n) is 8.54. The largest absolute Gasteiger partial charge is 0.370 e. The van der Waals surface area contributed by atoms with Crippen LogP contribution in [0.4, 0.5) is 17.1 Å². The van der Waals surface area contributed by atoms with Crippen molar-refractivity contribution in [3.05, 3.63) is 57.0 Å². The van der Waals surface area contributed by atoms with Crippen molar-refractivity contribution in [3.63, 3.8) is 0 Å². The van der Waals surface area contributed by atoms with E-state index in [1.807, 2.05) is 18.7 Å². The van der Waals surface area contributed by atoms with Crippen LogP contribution < -0.4 is 15.3 Å². The van der Waals surface area contributed by atoms with Gasteiger partial charge in [-0.3, -0.25) is 14.8 Å². The van der Waals surface area contributed by atoms with Crippen LogP contribution in [0, 0.1) is 10.1 Å². The number of rotatable bonds is 7. The molecule has 10 nitrogen and oxygen atoms in total. The number of benzene rings is 2.